The molecule has 0 atom stereocenters. The lowest BCUT2D eigenvalue weighted by Gasteiger charge is -1.98. The van der Waals surface area contributed by atoms with Crippen molar-refractivity contribution in [2.24, 2.45) is 5.10 Å². The van der Waals surface area contributed by atoms with Crippen LogP contribution in [-0.2, 0) is 0 Å². The van der Waals surface area contributed by atoms with E-state index in [0.29, 0.717) is 5.56 Å². The number of phenolic OH excluding ortho intramolecular Hbond substituents is 2. The van der Waals surface area contributed by atoms with Gasteiger partial charge in [-0.05, 0) is 17.3 Å². The Morgan fingerprint density at radius 1 is 1.38 bits per heavy atom. The minimum absolute atomic E-state index is 0.0132. The van der Waals surface area contributed by atoms with E-state index in [1.165, 1.54) is 24.4 Å². The second kappa shape index (κ2) is 4.26. The number of aromatic hydroxyl groups is 2. The Kier molecular flexibility index (Phi) is 2.63. The van der Waals surface area contributed by atoms with E-state index in [4.69, 9.17) is 5.11 Å². The van der Waals surface area contributed by atoms with Gasteiger partial charge >= 0.3 is 0 Å². The Morgan fingerprint density at radius 3 is 2.94 bits per heavy atom. The number of anilines is 1. The number of H-pyrrole nitrogens is 1. The highest BCUT2D eigenvalue weighted by Gasteiger charge is 1.99. The van der Waals surface area contributed by atoms with Gasteiger partial charge in [-0.1, -0.05) is 5.10 Å². The van der Waals surface area contributed by atoms with Crippen LogP contribution in [0.25, 0.3) is 0 Å². The Bertz CT molecular complexity index is 495. The molecule has 4 N–H and O–H groups in total. The average molecular weight is 220 g/mol. The minimum atomic E-state index is -0.0707. The molecule has 0 aliphatic heterocycles. The van der Waals surface area contributed by atoms with Crippen LogP contribution in [0.1, 0.15) is 5.56 Å². The molecule has 0 saturated carbocycles. The van der Waals surface area contributed by atoms with E-state index in [2.05, 4.69) is 31.2 Å². The fourth-order valence-electron chi connectivity index (χ4n) is 1.01. The normalized spacial score (nSPS) is 10.8. The van der Waals surface area contributed by atoms with Crippen LogP contribution in [0.15, 0.2) is 23.3 Å². The second-order valence-electron chi connectivity index (χ2n) is 2.85. The van der Waals surface area contributed by atoms with Gasteiger partial charge in [0.2, 0.25) is 0 Å². The number of aromatic amines is 1. The lowest BCUT2D eigenvalue weighted by molar-refractivity contribution is 0.450. The fraction of sp³-hybridized carbons (Fsp3) is 0. The van der Waals surface area contributed by atoms with Crippen LogP contribution < -0.4 is 5.43 Å². The summed E-state index contributed by atoms with van der Waals surface area (Å²) in [6.07, 6.45) is 1.37. The molecule has 0 aliphatic rings. The van der Waals surface area contributed by atoms with Crippen LogP contribution in [0, 0.1) is 0 Å². The summed E-state index contributed by atoms with van der Waals surface area (Å²) in [4.78, 5) is 0. The van der Waals surface area contributed by atoms with Crippen LogP contribution in [-0.4, -0.2) is 37.1 Å². The molecule has 8 nitrogen and oxygen atoms in total. The van der Waals surface area contributed by atoms with E-state index < -0.39 is 0 Å². The van der Waals surface area contributed by atoms with Crippen molar-refractivity contribution in [2.75, 3.05) is 5.43 Å². The third kappa shape index (κ3) is 2.23. The number of benzene rings is 1. The number of phenols is 2. The van der Waals surface area contributed by atoms with Crippen molar-refractivity contribution < 1.29 is 10.2 Å². The number of nitrogens with zero attached hydrogens (tertiary/aromatic N) is 4. The van der Waals surface area contributed by atoms with Crippen LogP contribution in [0.2, 0.25) is 0 Å². The molecule has 0 spiro atoms. The highest BCUT2D eigenvalue weighted by molar-refractivity contribution is 5.84. The molecule has 0 radical (unpaired) electrons. The molecule has 1 aromatic heterocycles. The zero-order valence-electron chi connectivity index (χ0n) is 7.99. The summed E-state index contributed by atoms with van der Waals surface area (Å²) in [6, 6.07) is 4.18. The van der Waals surface area contributed by atoms with Gasteiger partial charge in [0.05, 0.1) is 6.21 Å². The monoisotopic (exact) mass is 220 g/mol. The van der Waals surface area contributed by atoms with Gasteiger partial charge in [-0.2, -0.15) is 10.3 Å². The first-order valence-corrected chi connectivity index (χ1v) is 4.30. The van der Waals surface area contributed by atoms with Crippen molar-refractivity contribution in [3.05, 3.63) is 23.8 Å². The molecule has 0 unspecified atom stereocenters. The molecule has 1 aromatic carbocycles. The van der Waals surface area contributed by atoms with Gasteiger partial charge in [-0.15, -0.1) is 5.10 Å². The fourth-order valence-corrected chi connectivity index (χ4v) is 1.01. The number of rotatable bonds is 3. The largest absolute Gasteiger partial charge is 0.508 e. The van der Waals surface area contributed by atoms with Crippen molar-refractivity contribution in [2.45, 2.75) is 0 Å². The van der Waals surface area contributed by atoms with Crippen molar-refractivity contribution >= 4 is 12.2 Å². The highest BCUT2D eigenvalue weighted by Crippen LogP contribution is 2.20. The van der Waals surface area contributed by atoms with E-state index in [1.54, 1.807) is 0 Å². The molecule has 1 heterocycles. The highest BCUT2D eigenvalue weighted by atomic mass is 16.3. The smallest absolute Gasteiger partial charge is 0.283 e. The number of tetrazole rings is 1. The van der Waals surface area contributed by atoms with Crippen molar-refractivity contribution in [3.63, 3.8) is 0 Å². The summed E-state index contributed by atoms with van der Waals surface area (Å²) in [7, 11) is 0. The summed E-state index contributed by atoms with van der Waals surface area (Å²) >= 11 is 0. The average Bonchev–Trinajstić information content (AvgIpc) is 2.74. The van der Waals surface area contributed by atoms with E-state index in [9.17, 15) is 5.11 Å². The first-order valence-electron chi connectivity index (χ1n) is 4.30. The van der Waals surface area contributed by atoms with Gasteiger partial charge in [0.1, 0.15) is 11.5 Å². The predicted octanol–water partition coefficient (Wildman–Crippen LogP) is 0.0569. The van der Waals surface area contributed by atoms with Crippen LogP contribution >= 0.6 is 0 Å². The Hall–Kier alpha value is -2.64. The lowest BCUT2D eigenvalue weighted by atomic mass is 10.2. The number of aromatic nitrogens is 4. The summed E-state index contributed by atoms with van der Waals surface area (Å²) in [6.45, 7) is 0. The third-order valence-electron chi connectivity index (χ3n) is 1.73. The minimum Gasteiger partial charge on any atom is -0.508 e. The molecule has 0 fully saturated rings. The number of hydrogen-bond acceptors (Lipinski definition) is 7. The van der Waals surface area contributed by atoms with Crippen LogP contribution in [0.5, 0.6) is 11.5 Å². The number of hydrazone groups is 1. The zero-order chi connectivity index (χ0) is 11.4. The van der Waals surface area contributed by atoms with Crippen LogP contribution in [0.4, 0.5) is 5.95 Å². The van der Waals surface area contributed by atoms with E-state index in [0.717, 1.165) is 0 Å². The summed E-state index contributed by atoms with van der Waals surface area (Å²) in [5.74, 6) is 0.133. The van der Waals surface area contributed by atoms with Gasteiger partial charge in [0, 0.05) is 11.6 Å². The van der Waals surface area contributed by atoms with Crippen molar-refractivity contribution in [1.82, 2.24) is 20.6 Å². The van der Waals surface area contributed by atoms with Gasteiger partial charge in [-0.25, -0.2) is 5.43 Å². The molecule has 82 valence electrons. The van der Waals surface area contributed by atoms with E-state index in [1.807, 2.05) is 0 Å². The Labute approximate surface area is 89.6 Å². The maximum absolute atomic E-state index is 9.42. The summed E-state index contributed by atoms with van der Waals surface area (Å²) < 4.78 is 0. The molecule has 0 bridgehead atoms. The Balaban J connectivity index is 2.06. The van der Waals surface area contributed by atoms with Gasteiger partial charge in [-0.3, -0.25) is 0 Å². The molecule has 0 saturated heterocycles. The quantitative estimate of drug-likeness (QED) is 0.429. The van der Waals surface area contributed by atoms with Gasteiger partial charge in [0.15, 0.2) is 0 Å². The molecule has 0 amide bonds. The number of hydrogen-bond donors (Lipinski definition) is 4. The molecular formula is C8H8N6O2. The first kappa shape index (κ1) is 9.90. The first-order chi connectivity index (χ1) is 7.75. The molecule has 0 aliphatic carbocycles. The molecule has 16 heavy (non-hydrogen) atoms. The lowest BCUT2D eigenvalue weighted by Crippen LogP contribution is -1.92. The Morgan fingerprint density at radius 2 is 2.25 bits per heavy atom. The topological polar surface area (TPSA) is 119 Å². The SMILES string of the molecule is Oc1ccc(C=NNc2nn[nH]n2)c(O)c1. The second-order valence-corrected chi connectivity index (χ2v) is 2.85. The standard InChI is InChI=1S/C8H8N6O2/c15-6-2-1-5(7(16)3-6)4-9-10-8-11-13-14-12-8/h1-4,15-16H,(H2,10,11,12,13,14). The number of nitrogens with one attached hydrogen (secondary N) is 2. The van der Waals surface area contributed by atoms with E-state index in [-0.39, 0.29) is 17.4 Å². The molecular weight excluding hydrogens is 212 g/mol. The van der Waals surface area contributed by atoms with Gasteiger partial charge < -0.3 is 10.2 Å². The summed E-state index contributed by atoms with van der Waals surface area (Å²) in [5.41, 5.74) is 2.95. The summed E-state index contributed by atoms with van der Waals surface area (Å²) in [5, 5.41) is 35.0. The van der Waals surface area contributed by atoms with Crippen molar-refractivity contribution in [1.29, 1.82) is 0 Å². The van der Waals surface area contributed by atoms with E-state index >= 15 is 0 Å². The van der Waals surface area contributed by atoms with Crippen LogP contribution in [0.3, 0.4) is 0 Å². The maximum Gasteiger partial charge on any atom is 0.283 e. The maximum atomic E-state index is 9.42. The predicted molar refractivity (Wildman–Crippen MR) is 55.2 cm³/mol. The van der Waals surface area contributed by atoms with Gasteiger partial charge in [0.25, 0.3) is 5.95 Å². The molecule has 2 aromatic rings. The van der Waals surface area contributed by atoms with Crippen molar-refractivity contribution in [3.8, 4) is 11.5 Å². The molecule has 2 rings (SSSR count). The molecule has 8 heteroatoms. The zero-order valence-corrected chi connectivity index (χ0v) is 7.99. The third-order valence-corrected chi connectivity index (χ3v) is 1.73.